The predicted molar refractivity (Wildman–Crippen MR) is 61.1 cm³/mol. The van der Waals surface area contributed by atoms with E-state index in [1.54, 1.807) is 29.0 Å². The summed E-state index contributed by atoms with van der Waals surface area (Å²) in [7, 11) is 0. The number of piperazine rings is 1. The van der Waals surface area contributed by atoms with Crippen molar-refractivity contribution in [1.29, 1.82) is 0 Å². The summed E-state index contributed by atoms with van der Waals surface area (Å²) in [4.78, 5) is 26.6. The van der Waals surface area contributed by atoms with Gasteiger partial charge in [0.2, 0.25) is 11.8 Å². The van der Waals surface area contributed by atoms with Crippen LogP contribution in [0.2, 0.25) is 0 Å². The maximum atomic E-state index is 11.9. The third kappa shape index (κ3) is 2.83. The van der Waals surface area contributed by atoms with E-state index in [0.29, 0.717) is 32.6 Å². The minimum Gasteiger partial charge on any atom is -0.339 e. The highest BCUT2D eigenvalue weighted by atomic mass is 16.2. The molecule has 17 heavy (non-hydrogen) atoms. The van der Waals surface area contributed by atoms with Crippen LogP contribution in [0, 0.1) is 0 Å². The highest BCUT2D eigenvalue weighted by Gasteiger charge is 2.22. The van der Waals surface area contributed by atoms with Gasteiger partial charge in [-0.3, -0.25) is 14.7 Å². The Morgan fingerprint density at radius 1 is 1.29 bits per heavy atom. The van der Waals surface area contributed by atoms with Crippen molar-refractivity contribution in [3.63, 3.8) is 0 Å². The van der Waals surface area contributed by atoms with Crippen LogP contribution < -0.4 is 0 Å². The van der Waals surface area contributed by atoms with Crippen molar-refractivity contribution in [2.24, 2.45) is 0 Å². The molecule has 1 aromatic rings. The third-order valence-corrected chi connectivity index (χ3v) is 2.98. The van der Waals surface area contributed by atoms with Crippen LogP contribution >= 0.6 is 0 Å². The first-order valence-corrected chi connectivity index (χ1v) is 5.68. The molecule has 1 fully saturated rings. The van der Waals surface area contributed by atoms with Crippen LogP contribution in [-0.4, -0.2) is 58.0 Å². The summed E-state index contributed by atoms with van der Waals surface area (Å²) in [5, 5.41) is 6.58. The van der Waals surface area contributed by atoms with Crippen molar-refractivity contribution >= 4 is 11.8 Å². The maximum absolute atomic E-state index is 11.9. The number of aromatic nitrogens is 2. The molecule has 0 radical (unpaired) electrons. The average Bonchev–Trinajstić information content (AvgIpc) is 2.82. The zero-order valence-corrected chi connectivity index (χ0v) is 9.85. The summed E-state index contributed by atoms with van der Waals surface area (Å²) < 4.78 is 0. The van der Waals surface area contributed by atoms with E-state index in [9.17, 15) is 9.59 Å². The van der Waals surface area contributed by atoms with Crippen molar-refractivity contribution < 1.29 is 9.59 Å². The number of nitrogens with zero attached hydrogens (tertiary/aromatic N) is 3. The second kappa shape index (κ2) is 4.99. The molecule has 2 amide bonds. The van der Waals surface area contributed by atoms with Crippen LogP contribution in [0.15, 0.2) is 12.3 Å². The maximum Gasteiger partial charge on any atom is 0.228 e. The molecule has 1 aliphatic rings. The molecular weight excluding hydrogens is 220 g/mol. The molecule has 0 aromatic carbocycles. The molecule has 6 nitrogen and oxygen atoms in total. The zero-order valence-electron chi connectivity index (χ0n) is 9.85. The molecule has 0 saturated carbocycles. The van der Waals surface area contributed by atoms with Gasteiger partial charge < -0.3 is 9.80 Å². The Bertz CT molecular complexity index is 394. The number of amides is 2. The fourth-order valence-electron chi connectivity index (χ4n) is 1.93. The van der Waals surface area contributed by atoms with E-state index in [4.69, 9.17) is 0 Å². The van der Waals surface area contributed by atoms with Gasteiger partial charge in [-0.05, 0) is 6.07 Å². The van der Waals surface area contributed by atoms with Gasteiger partial charge in [0.25, 0.3) is 0 Å². The van der Waals surface area contributed by atoms with E-state index >= 15 is 0 Å². The van der Waals surface area contributed by atoms with Crippen LogP contribution in [0.1, 0.15) is 12.6 Å². The fraction of sp³-hybridized carbons (Fsp3) is 0.545. The van der Waals surface area contributed by atoms with Gasteiger partial charge in [0, 0.05) is 45.0 Å². The van der Waals surface area contributed by atoms with E-state index in [-0.39, 0.29) is 11.8 Å². The zero-order chi connectivity index (χ0) is 12.3. The standard InChI is InChI=1S/C11H16N4O2/c1-9(16)14-4-6-15(7-5-14)11(17)8-10-2-3-12-13-10/h2-3H,4-8H2,1H3,(H,12,13). The fourth-order valence-corrected chi connectivity index (χ4v) is 1.93. The van der Waals surface area contributed by atoms with E-state index in [0.717, 1.165) is 5.69 Å². The number of hydrogen-bond donors (Lipinski definition) is 1. The van der Waals surface area contributed by atoms with Gasteiger partial charge in [-0.25, -0.2) is 0 Å². The van der Waals surface area contributed by atoms with Gasteiger partial charge >= 0.3 is 0 Å². The predicted octanol–water partition coefficient (Wildman–Crippen LogP) is -0.357. The van der Waals surface area contributed by atoms with Crippen molar-refractivity contribution in [2.45, 2.75) is 13.3 Å². The summed E-state index contributed by atoms with van der Waals surface area (Å²) in [5.74, 6) is 0.156. The first-order valence-electron chi connectivity index (χ1n) is 5.68. The number of carbonyl (C=O) groups excluding carboxylic acids is 2. The Morgan fingerprint density at radius 3 is 2.47 bits per heavy atom. The number of nitrogens with one attached hydrogen (secondary N) is 1. The summed E-state index contributed by atoms with van der Waals surface area (Å²) >= 11 is 0. The SMILES string of the molecule is CC(=O)N1CCN(C(=O)Cc2ccn[nH]2)CC1. The van der Waals surface area contributed by atoms with Gasteiger partial charge in [0.1, 0.15) is 0 Å². The molecule has 1 saturated heterocycles. The van der Waals surface area contributed by atoms with Crippen LogP contribution in [0.4, 0.5) is 0 Å². The second-order valence-electron chi connectivity index (χ2n) is 4.15. The van der Waals surface area contributed by atoms with Gasteiger partial charge in [0.05, 0.1) is 6.42 Å². The van der Waals surface area contributed by atoms with E-state index < -0.39 is 0 Å². The molecule has 0 unspecified atom stereocenters. The summed E-state index contributed by atoms with van der Waals surface area (Å²) in [6.45, 7) is 4.05. The lowest BCUT2D eigenvalue weighted by atomic mass is 10.2. The highest BCUT2D eigenvalue weighted by Crippen LogP contribution is 2.05. The Labute approximate surface area is 99.6 Å². The molecule has 2 rings (SSSR count). The van der Waals surface area contributed by atoms with Gasteiger partial charge in [-0.2, -0.15) is 5.10 Å². The molecular formula is C11H16N4O2. The van der Waals surface area contributed by atoms with Crippen molar-refractivity contribution in [3.8, 4) is 0 Å². The quantitative estimate of drug-likeness (QED) is 0.762. The second-order valence-corrected chi connectivity index (χ2v) is 4.15. The van der Waals surface area contributed by atoms with Crippen molar-refractivity contribution in [3.05, 3.63) is 18.0 Å². The molecule has 92 valence electrons. The molecule has 1 aromatic heterocycles. The molecule has 1 aliphatic heterocycles. The Morgan fingerprint density at radius 2 is 1.94 bits per heavy atom. The minimum absolute atomic E-state index is 0.0747. The third-order valence-electron chi connectivity index (χ3n) is 2.98. The largest absolute Gasteiger partial charge is 0.339 e. The summed E-state index contributed by atoms with van der Waals surface area (Å²) in [6, 6.07) is 1.80. The number of hydrogen-bond acceptors (Lipinski definition) is 3. The summed E-state index contributed by atoms with van der Waals surface area (Å²) in [6.07, 6.45) is 1.98. The molecule has 0 aliphatic carbocycles. The van der Waals surface area contributed by atoms with Crippen LogP contribution in [0.3, 0.4) is 0 Å². The lowest BCUT2D eigenvalue weighted by molar-refractivity contribution is -0.138. The topological polar surface area (TPSA) is 69.3 Å². The lowest BCUT2D eigenvalue weighted by Crippen LogP contribution is -2.50. The van der Waals surface area contributed by atoms with Crippen LogP contribution in [-0.2, 0) is 16.0 Å². The van der Waals surface area contributed by atoms with Crippen molar-refractivity contribution in [2.75, 3.05) is 26.2 Å². The van der Waals surface area contributed by atoms with Gasteiger partial charge in [-0.1, -0.05) is 0 Å². The molecule has 6 heteroatoms. The Kier molecular flexibility index (Phi) is 3.41. The monoisotopic (exact) mass is 236 g/mol. The van der Waals surface area contributed by atoms with E-state index in [2.05, 4.69) is 10.2 Å². The Hall–Kier alpha value is -1.85. The molecule has 2 heterocycles. The number of rotatable bonds is 2. The van der Waals surface area contributed by atoms with Gasteiger partial charge in [0.15, 0.2) is 0 Å². The smallest absolute Gasteiger partial charge is 0.228 e. The Balaban J connectivity index is 1.84. The molecule has 1 N–H and O–H groups in total. The average molecular weight is 236 g/mol. The molecule has 0 atom stereocenters. The number of aromatic amines is 1. The normalized spacial score (nSPS) is 16.1. The number of H-pyrrole nitrogens is 1. The minimum atomic E-state index is 0.0747. The van der Waals surface area contributed by atoms with Crippen LogP contribution in [0.25, 0.3) is 0 Å². The first-order chi connectivity index (χ1) is 8.16. The lowest BCUT2D eigenvalue weighted by Gasteiger charge is -2.34. The van der Waals surface area contributed by atoms with Crippen molar-refractivity contribution in [1.82, 2.24) is 20.0 Å². The molecule has 0 spiro atoms. The molecule has 0 bridgehead atoms. The van der Waals surface area contributed by atoms with E-state index in [1.165, 1.54) is 0 Å². The summed E-state index contributed by atoms with van der Waals surface area (Å²) in [5.41, 5.74) is 0.823. The van der Waals surface area contributed by atoms with Crippen LogP contribution in [0.5, 0.6) is 0 Å². The highest BCUT2D eigenvalue weighted by molar-refractivity contribution is 5.79. The van der Waals surface area contributed by atoms with Gasteiger partial charge in [-0.15, -0.1) is 0 Å². The number of carbonyl (C=O) groups is 2. The van der Waals surface area contributed by atoms with E-state index in [1.807, 2.05) is 0 Å². The first kappa shape index (κ1) is 11.6.